The highest BCUT2D eigenvalue weighted by molar-refractivity contribution is 8.27. The third kappa shape index (κ3) is 4.04. The highest BCUT2D eigenvalue weighted by Gasteiger charge is 2.37. The van der Waals surface area contributed by atoms with Gasteiger partial charge in [-0.05, 0) is 36.8 Å². The molecule has 1 aliphatic heterocycles. The van der Waals surface area contributed by atoms with Crippen LogP contribution >= 0.6 is 35.6 Å². The van der Waals surface area contributed by atoms with Gasteiger partial charge in [-0.1, -0.05) is 84.1 Å². The molecule has 31 heavy (non-hydrogen) atoms. The zero-order valence-electron chi connectivity index (χ0n) is 16.8. The third-order valence-electron chi connectivity index (χ3n) is 4.91. The molecule has 4 rings (SSSR count). The Morgan fingerprint density at radius 2 is 1.65 bits per heavy atom. The van der Waals surface area contributed by atoms with Gasteiger partial charge in [0.2, 0.25) is 0 Å². The van der Waals surface area contributed by atoms with E-state index in [-0.39, 0.29) is 17.2 Å². The minimum absolute atomic E-state index is 0.250. The summed E-state index contributed by atoms with van der Waals surface area (Å²) in [7, 11) is 1.78. The van der Waals surface area contributed by atoms with Crippen LogP contribution in [0.3, 0.4) is 0 Å². The molecule has 0 saturated carbocycles. The molecule has 0 N–H and O–H groups in total. The average molecular weight is 468 g/mol. The molecule has 1 aliphatic rings. The molecule has 0 aliphatic carbocycles. The fourth-order valence-electron chi connectivity index (χ4n) is 3.35. The van der Waals surface area contributed by atoms with Gasteiger partial charge in [0.1, 0.15) is 5.69 Å². The molecule has 3 aromatic rings. The monoisotopic (exact) mass is 467 g/mol. The number of halogens is 1. The first-order chi connectivity index (χ1) is 14.9. The lowest BCUT2D eigenvalue weighted by atomic mass is 10.2. The van der Waals surface area contributed by atoms with Crippen LogP contribution in [0.25, 0.3) is 11.8 Å². The summed E-state index contributed by atoms with van der Waals surface area (Å²) in [5.41, 5.74) is 2.20. The number of thiocarbonyl (C=S) groups is 1. The molecule has 1 saturated heterocycles. The Bertz CT molecular complexity index is 1290. The Balaban J connectivity index is 1.72. The summed E-state index contributed by atoms with van der Waals surface area (Å²) < 4.78 is 3.54. The molecule has 2 heterocycles. The molecule has 1 fully saturated rings. The van der Waals surface area contributed by atoms with E-state index in [1.165, 1.54) is 9.58 Å². The first kappa shape index (κ1) is 21.4. The lowest BCUT2D eigenvalue weighted by molar-refractivity contribution is -0.113. The van der Waals surface area contributed by atoms with E-state index in [1.807, 2.05) is 60.7 Å². The van der Waals surface area contributed by atoms with Gasteiger partial charge in [-0.3, -0.25) is 19.2 Å². The molecule has 0 atom stereocenters. The van der Waals surface area contributed by atoms with E-state index in [9.17, 15) is 9.59 Å². The zero-order valence-corrected chi connectivity index (χ0v) is 19.2. The number of benzene rings is 2. The van der Waals surface area contributed by atoms with Crippen molar-refractivity contribution in [1.29, 1.82) is 0 Å². The van der Waals surface area contributed by atoms with Gasteiger partial charge in [0, 0.05) is 12.1 Å². The fraction of sp³-hybridized carbons (Fsp3) is 0.0870. The van der Waals surface area contributed by atoms with Crippen LogP contribution in [0.4, 0.5) is 5.69 Å². The molecule has 0 unspecified atom stereocenters. The quantitative estimate of drug-likeness (QED) is 0.399. The third-order valence-corrected chi connectivity index (χ3v) is 6.43. The van der Waals surface area contributed by atoms with Gasteiger partial charge in [0.15, 0.2) is 4.32 Å². The van der Waals surface area contributed by atoms with Crippen molar-refractivity contribution in [1.82, 2.24) is 9.36 Å². The summed E-state index contributed by atoms with van der Waals surface area (Å²) >= 11 is 12.9. The Kier molecular flexibility index (Phi) is 6.00. The van der Waals surface area contributed by atoms with E-state index in [0.717, 1.165) is 17.3 Å². The van der Waals surface area contributed by atoms with Gasteiger partial charge < -0.3 is 0 Å². The maximum Gasteiger partial charge on any atom is 0.296 e. The Morgan fingerprint density at radius 3 is 2.29 bits per heavy atom. The number of carbonyl (C=O) groups excluding carboxylic acids is 1. The predicted molar refractivity (Wildman–Crippen MR) is 132 cm³/mol. The number of nitrogens with zero attached hydrogens (tertiary/aromatic N) is 3. The van der Waals surface area contributed by atoms with Gasteiger partial charge in [-0.15, -0.1) is 0 Å². The second-order valence-corrected chi connectivity index (χ2v) is 8.98. The number of allylic oxidation sites excluding steroid dienone is 2. The van der Waals surface area contributed by atoms with Crippen molar-refractivity contribution in [2.75, 3.05) is 4.90 Å². The van der Waals surface area contributed by atoms with E-state index in [2.05, 4.69) is 0 Å². The molecule has 8 heteroatoms. The van der Waals surface area contributed by atoms with Crippen molar-refractivity contribution in [3.05, 3.63) is 98.3 Å². The Morgan fingerprint density at radius 1 is 1.03 bits per heavy atom. The maximum absolute atomic E-state index is 13.3. The predicted octanol–water partition coefficient (Wildman–Crippen LogP) is 5.01. The summed E-state index contributed by atoms with van der Waals surface area (Å²) in [6.07, 6.45) is 3.35. The lowest BCUT2D eigenvalue weighted by Crippen LogP contribution is -2.33. The minimum atomic E-state index is -0.361. The average Bonchev–Trinajstić information content (AvgIpc) is 3.14. The number of carbonyl (C=O) groups is 1. The van der Waals surface area contributed by atoms with Crippen LogP contribution in [-0.4, -0.2) is 19.6 Å². The standard InChI is InChI=1S/C23H18ClN3O2S2/c1-15-20(22(29)27(25(15)2)18-11-7-4-8-12-18)26-21(28)19(31-23(26)30)14-17(24)13-16-9-5-3-6-10-16/h3-14H,1-2H3/b17-13-,19-14+. The van der Waals surface area contributed by atoms with Gasteiger partial charge >= 0.3 is 0 Å². The van der Waals surface area contributed by atoms with Crippen LogP contribution in [0, 0.1) is 6.92 Å². The highest BCUT2D eigenvalue weighted by Crippen LogP contribution is 2.36. The van der Waals surface area contributed by atoms with Gasteiger partial charge in [0.05, 0.1) is 16.3 Å². The van der Waals surface area contributed by atoms with Crippen LogP contribution in [0.2, 0.25) is 0 Å². The molecular formula is C23H18ClN3O2S2. The second-order valence-electron chi connectivity index (χ2n) is 6.87. The zero-order chi connectivity index (χ0) is 22.1. The molecule has 0 radical (unpaired) electrons. The molecule has 156 valence electrons. The van der Waals surface area contributed by atoms with Crippen molar-refractivity contribution in [2.24, 2.45) is 7.05 Å². The Labute approximate surface area is 194 Å². The molecular weight excluding hydrogens is 450 g/mol. The summed E-state index contributed by atoms with van der Waals surface area (Å²) in [6.45, 7) is 1.79. The SMILES string of the molecule is Cc1c(N2C(=O)/C(=C\C(Cl)=C\c3ccccc3)SC2=S)c(=O)n(-c2ccccc2)n1C. The molecule has 0 bridgehead atoms. The molecule has 5 nitrogen and oxygen atoms in total. The van der Waals surface area contributed by atoms with Crippen molar-refractivity contribution >= 4 is 57.6 Å². The van der Waals surface area contributed by atoms with Gasteiger partial charge in [-0.2, -0.15) is 0 Å². The number of amides is 1. The number of para-hydroxylation sites is 1. The van der Waals surface area contributed by atoms with Crippen molar-refractivity contribution < 1.29 is 4.79 Å². The smallest absolute Gasteiger partial charge is 0.283 e. The van der Waals surface area contributed by atoms with Crippen LogP contribution in [0.5, 0.6) is 0 Å². The summed E-state index contributed by atoms with van der Waals surface area (Å²) in [4.78, 5) is 28.1. The maximum atomic E-state index is 13.3. The van der Waals surface area contributed by atoms with Crippen LogP contribution in [0.1, 0.15) is 11.3 Å². The first-order valence-electron chi connectivity index (χ1n) is 9.42. The van der Waals surface area contributed by atoms with Gasteiger partial charge in [0.25, 0.3) is 11.5 Å². The van der Waals surface area contributed by atoms with Crippen LogP contribution in [-0.2, 0) is 11.8 Å². The van der Waals surface area contributed by atoms with Gasteiger partial charge in [-0.25, -0.2) is 4.68 Å². The minimum Gasteiger partial charge on any atom is -0.283 e. The van der Waals surface area contributed by atoms with Crippen LogP contribution in [0.15, 0.2) is 81.5 Å². The summed E-state index contributed by atoms with van der Waals surface area (Å²) in [5.74, 6) is -0.361. The first-order valence-corrected chi connectivity index (χ1v) is 11.0. The lowest BCUT2D eigenvalue weighted by Gasteiger charge is -2.12. The molecule has 2 aromatic carbocycles. The number of anilines is 1. The summed E-state index contributed by atoms with van der Waals surface area (Å²) in [6, 6.07) is 18.8. The topological polar surface area (TPSA) is 47.2 Å². The van der Waals surface area contributed by atoms with E-state index >= 15 is 0 Å². The van der Waals surface area contributed by atoms with E-state index < -0.39 is 0 Å². The Hall–Kier alpha value is -2.87. The van der Waals surface area contributed by atoms with Crippen molar-refractivity contribution in [3.63, 3.8) is 0 Å². The largest absolute Gasteiger partial charge is 0.296 e. The highest BCUT2D eigenvalue weighted by atomic mass is 35.5. The number of thioether (sulfide) groups is 1. The number of rotatable bonds is 4. The van der Waals surface area contributed by atoms with Crippen molar-refractivity contribution in [3.8, 4) is 5.69 Å². The number of hydrogen-bond acceptors (Lipinski definition) is 4. The number of hydrogen-bond donors (Lipinski definition) is 0. The van der Waals surface area contributed by atoms with Crippen LogP contribution < -0.4 is 10.5 Å². The molecule has 1 aromatic heterocycles. The second kappa shape index (κ2) is 8.70. The van der Waals surface area contributed by atoms with E-state index in [0.29, 0.717) is 25.6 Å². The summed E-state index contributed by atoms with van der Waals surface area (Å²) in [5, 5.41) is 0.401. The molecule has 1 amide bonds. The molecule has 0 spiro atoms. The normalized spacial score (nSPS) is 15.9. The number of aromatic nitrogens is 2. The van der Waals surface area contributed by atoms with Crippen molar-refractivity contribution in [2.45, 2.75) is 6.92 Å². The fourth-order valence-corrected chi connectivity index (χ4v) is 4.91. The van der Waals surface area contributed by atoms with E-state index in [1.54, 1.807) is 30.8 Å². The van der Waals surface area contributed by atoms with E-state index in [4.69, 9.17) is 23.8 Å².